The van der Waals surface area contributed by atoms with Gasteiger partial charge >= 0.3 is 12.1 Å². The Morgan fingerprint density at radius 2 is 1.50 bits per heavy atom. The highest BCUT2D eigenvalue weighted by Crippen LogP contribution is 2.44. The van der Waals surface area contributed by atoms with E-state index in [1.807, 2.05) is 57.2 Å². The topological polar surface area (TPSA) is 105 Å². The van der Waals surface area contributed by atoms with Gasteiger partial charge in [0.05, 0.1) is 0 Å². The van der Waals surface area contributed by atoms with Crippen LogP contribution in [0.1, 0.15) is 64.0 Å². The molecule has 2 aromatic rings. The van der Waals surface area contributed by atoms with Crippen LogP contribution in [0, 0.1) is 5.41 Å². The smallest absolute Gasteiger partial charge is 0.407 e. The van der Waals surface area contributed by atoms with Crippen LogP contribution in [0.3, 0.4) is 0 Å². The number of rotatable bonds is 9. The zero-order valence-electron chi connectivity index (χ0n) is 20.3. The van der Waals surface area contributed by atoms with Crippen molar-refractivity contribution in [2.75, 3.05) is 6.61 Å². The maximum atomic E-state index is 12.8. The SMILES string of the molecule is CC[C@H](NC(=O)C(CCC(C)(C)C)NC(=O)OCC1c2ccccc2-c2ccccc21)C(=O)O. The Kier molecular flexibility index (Phi) is 7.97. The number of fused-ring (bicyclic) bond motifs is 3. The number of hydrogen-bond acceptors (Lipinski definition) is 4. The van der Waals surface area contributed by atoms with Crippen LogP contribution in [-0.4, -0.2) is 41.8 Å². The summed E-state index contributed by atoms with van der Waals surface area (Å²) in [5.74, 6) is -1.71. The zero-order valence-corrected chi connectivity index (χ0v) is 20.3. The molecular weight excluding hydrogens is 432 g/mol. The number of carbonyl (C=O) groups excluding carboxylic acids is 2. The molecule has 0 fully saturated rings. The second-order valence-electron chi connectivity index (χ2n) is 9.93. The molecule has 1 aliphatic rings. The summed E-state index contributed by atoms with van der Waals surface area (Å²) in [4.78, 5) is 36.9. The second kappa shape index (κ2) is 10.7. The van der Waals surface area contributed by atoms with Crippen LogP contribution in [0.4, 0.5) is 4.79 Å². The highest BCUT2D eigenvalue weighted by molar-refractivity contribution is 5.89. The normalized spacial score (nSPS) is 14.5. The van der Waals surface area contributed by atoms with Gasteiger partial charge in [0.2, 0.25) is 5.91 Å². The predicted molar refractivity (Wildman–Crippen MR) is 131 cm³/mol. The summed E-state index contributed by atoms with van der Waals surface area (Å²) in [6.45, 7) is 7.95. The van der Waals surface area contributed by atoms with E-state index in [0.29, 0.717) is 12.8 Å². The maximum Gasteiger partial charge on any atom is 0.407 e. The van der Waals surface area contributed by atoms with E-state index in [0.717, 1.165) is 22.3 Å². The summed E-state index contributed by atoms with van der Waals surface area (Å²) in [5.41, 5.74) is 4.41. The van der Waals surface area contributed by atoms with Crippen LogP contribution in [0.15, 0.2) is 48.5 Å². The second-order valence-corrected chi connectivity index (χ2v) is 9.93. The lowest BCUT2D eigenvalue weighted by Gasteiger charge is -2.25. The Labute approximate surface area is 200 Å². The summed E-state index contributed by atoms with van der Waals surface area (Å²) in [6.07, 6.45) is 0.589. The van der Waals surface area contributed by atoms with Crippen molar-refractivity contribution in [1.29, 1.82) is 0 Å². The molecular formula is C27H34N2O5. The highest BCUT2D eigenvalue weighted by Gasteiger charge is 2.31. The molecule has 0 spiro atoms. The number of ether oxygens (including phenoxy) is 1. The molecule has 2 atom stereocenters. The Morgan fingerprint density at radius 3 is 2.00 bits per heavy atom. The fraction of sp³-hybridized carbons (Fsp3) is 0.444. The van der Waals surface area contributed by atoms with Gasteiger partial charge in [0.1, 0.15) is 18.7 Å². The first-order valence-electron chi connectivity index (χ1n) is 11.8. The molecule has 0 saturated carbocycles. The van der Waals surface area contributed by atoms with E-state index in [1.54, 1.807) is 6.92 Å². The number of benzene rings is 2. The summed E-state index contributed by atoms with van der Waals surface area (Å²) in [7, 11) is 0. The average Bonchev–Trinajstić information content (AvgIpc) is 3.11. The third kappa shape index (κ3) is 6.16. The van der Waals surface area contributed by atoms with Crippen LogP contribution in [0.25, 0.3) is 11.1 Å². The summed E-state index contributed by atoms with van der Waals surface area (Å²) < 4.78 is 5.58. The molecule has 7 nitrogen and oxygen atoms in total. The van der Waals surface area contributed by atoms with Gasteiger partial charge in [-0.25, -0.2) is 9.59 Å². The van der Waals surface area contributed by atoms with Crippen LogP contribution < -0.4 is 10.6 Å². The van der Waals surface area contributed by atoms with Gasteiger partial charge in [-0.3, -0.25) is 4.79 Å². The van der Waals surface area contributed by atoms with E-state index in [1.165, 1.54) is 0 Å². The first-order valence-corrected chi connectivity index (χ1v) is 11.8. The lowest BCUT2D eigenvalue weighted by atomic mass is 9.88. The van der Waals surface area contributed by atoms with Crippen molar-refractivity contribution in [1.82, 2.24) is 10.6 Å². The van der Waals surface area contributed by atoms with Crippen molar-refractivity contribution in [3.8, 4) is 11.1 Å². The summed E-state index contributed by atoms with van der Waals surface area (Å²) in [5, 5.41) is 14.5. The monoisotopic (exact) mass is 466 g/mol. The minimum absolute atomic E-state index is 0.0572. The Balaban J connectivity index is 1.68. The zero-order chi connectivity index (χ0) is 24.9. The first kappa shape index (κ1) is 25.3. The van der Waals surface area contributed by atoms with E-state index in [-0.39, 0.29) is 24.4 Å². The van der Waals surface area contributed by atoms with Gasteiger partial charge in [0, 0.05) is 5.92 Å². The molecule has 2 amide bonds. The molecule has 0 aliphatic heterocycles. The van der Waals surface area contributed by atoms with Gasteiger partial charge in [-0.05, 0) is 46.9 Å². The van der Waals surface area contributed by atoms with Gasteiger partial charge in [0.15, 0.2) is 0 Å². The predicted octanol–water partition coefficient (Wildman–Crippen LogP) is 4.70. The van der Waals surface area contributed by atoms with Crippen molar-refractivity contribution in [2.45, 2.75) is 65.0 Å². The molecule has 182 valence electrons. The minimum atomic E-state index is -1.11. The number of alkyl carbamates (subject to hydrolysis) is 1. The Bertz CT molecular complexity index is 998. The fourth-order valence-corrected chi connectivity index (χ4v) is 4.24. The molecule has 0 saturated heterocycles. The van der Waals surface area contributed by atoms with Crippen molar-refractivity contribution < 1.29 is 24.2 Å². The molecule has 0 aromatic heterocycles. The van der Waals surface area contributed by atoms with Crippen LogP contribution in [0.5, 0.6) is 0 Å². The molecule has 0 radical (unpaired) electrons. The Hall–Kier alpha value is -3.35. The third-order valence-electron chi connectivity index (χ3n) is 6.16. The average molecular weight is 467 g/mol. The molecule has 0 heterocycles. The number of carbonyl (C=O) groups is 3. The van der Waals surface area contributed by atoms with Crippen molar-refractivity contribution in [3.63, 3.8) is 0 Å². The molecule has 0 bridgehead atoms. The molecule has 7 heteroatoms. The van der Waals surface area contributed by atoms with Crippen LogP contribution >= 0.6 is 0 Å². The fourth-order valence-electron chi connectivity index (χ4n) is 4.24. The highest BCUT2D eigenvalue weighted by atomic mass is 16.5. The number of amides is 2. The summed E-state index contributed by atoms with van der Waals surface area (Å²) >= 11 is 0. The number of hydrogen-bond donors (Lipinski definition) is 3. The van der Waals surface area contributed by atoms with Gasteiger partial charge < -0.3 is 20.5 Å². The van der Waals surface area contributed by atoms with E-state index >= 15 is 0 Å². The molecule has 3 N–H and O–H groups in total. The molecule has 3 rings (SSSR count). The minimum Gasteiger partial charge on any atom is -0.480 e. The van der Waals surface area contributed by atoms with Crippen LogP contribution in [-0.2, 0) is 14.3 Å². The quantitative estimate of drug-likeness (QED) is 0.497. The van der Waals surface area contributed by atoms with Crippen molar-refractivity contribution in [3.05, 3.63) is 59.7 Å². The maximum absolute atomic E-state index is 12.8. The van der Waals surface area contributed by atoms with Gasteiger partial charge in [-0.1, -0.05) is 76.2 Å². The molecule has 2 aromatic carbocycles. The van der Waals surface area contributed by atoms with E-state index in [2.05, 4.69) is 22.8 Å². The van der Waals surface area contributed by atoms with Gasteiger partial charge in [-0.2, -0.15) is 0 Å². The van der Waals surface area contributed by atoms with Gasteiger partial charge in [-0.15, -0.1) is 0 Å². The number of carboxylic acid groups (broad SMARTS) is 1. The third-order valence-corrected chi connectivity index (χ3v) is 6.16. The number of nitrogens with one attached hydrogen (secondary N) is 2. The summed E-state index contributed by atoms with van der Waals surface area (Å²) in [6, 6.07) is 14.2. The van der Waals surface area contributed by atoms with Crippen molar-refractivity contribution in [2.24, 2.45) is 5.41 Å². The lowest BCUT2D eigenvalue weighted by molar-refractivity contribution is -0.142. The molecule has 1 unspecified atom stereocenters. The molecule has 1 aliphatic carbocycles. The van der Waals surface area contributed by atoms with Crippen LogP contribution in [0.2, 0.25) is 0 Å². The Morgan fingerprint density at radius 1 is 0.941 bits per heavy atom. The standard InChI is InChI=1S/C27H34N2O5/c1-5-22(25(31)32)28-24(30)23(14-15-27(2,3)4)29-26(33)34-16-21-19-12-8-6-10-17(19)18-11-7-9-13-20(18)21/h6-13,21-23H,5,14-16H2,1-4H3,(H,28,30)(H,29,33)(H,31,32)/t22-,23?/m0/s1. The van der Waals surface area contributed by atoms with E-state index < -0.39 is 30.1 Å². The number of carboxylic acids is 1. The van der Waals surface area contributed by atoms with Gasteiger partial charge in [0.25, 0.3) is 0 Å². The largest absolute Gasteiger partial charge is 0.480 e. The van der Waals surface area contributed by atoms with E-state index in [9.17, 15) is 19.5 Å². The van der Waals surface area contributed by atoms with E-state index in [4.69, 9.17) is 4.74 Å². The lowest BCUT2D eigenvalue weighted by Crippen LogP contribution is -2.51. The molecule has 34 heavy (non-hydrogen) atoms. The first-order chi connectivity index (χ1) is 16.1. The van der Waals surface area contributed by atoms with Crippen molar-refractivity contribution >= 4 is 18.0 Å². The number of aliphatic carboxylic acids is 1.